The van der Waals surface area contributed by atoms with Gasteiger partial charge in [0.1, 0.15) is 11.8 Å². The summed E-state index contributed by atoms with van der Waals surface area (Å²) in [6, 6.07) is 12.1. The molecule has 1 aromatic heterocycles. The summed E-state index contributed by atoms with van der Waals surface area (Å²) in [6.07, 6.45) is 9.73. The number of ether oxygens (including phenoxy) is 1. The molecule has 0 bridgehead atoms. The van der Waals surface area contributed by atoms with Gasteiger partial charge in [0.05, 0.1) is 12.6 Å². The minimum atomic E-state index is -0.623. The average Bonchev–Trinajstić information content (AvgIpc) is 3.24. The summed E-state index contributed by atoms with van der Waals surface area (Å²) in [4.78, 5) is 45.2. The number of hydrogen-bond acceptors (Lipinski definition) is 4. The molecule has 2 aromatic carbocycles. The highest BCUT2D eigenvalue weighted by molar-refractivity contribution is 5.98. The van der Waals surface area contributed by atoms with Crippen LogP contribution < -0.4 is 15.4 Å². The third kappa shape index (κ3) is 5.54. The Morgan fingerprint density at radius 2 is 1.93 bits per heavy atom. The van der Waals surface area contributed by atoms with Gasteiger partial charge in [-0.3, -0.25) is 14.4 Å². The molecule has 3 N–H and O–H groups in total. The Kier molecular flexibility index (Phi) is 7.65. The van der Waals surface area contributed by atoms with Gasteiger partial charge in [0.25, 0.3) is 5.91 Å². The Labute approximate surface area is 256 Å². The number of aromatic amines is 1. The summed E-state index contributed by atoms with van der Waals surface area (Å²) in [6.45, 7) is 7.66. The first-order valence-corrected chi connectivity index (χ1v) is 15.0. The van der Waals surface area contributed by atoms with Crippen molar-refractivity contribution in [2.24, 2.45) is 11.3 Å². The third-order valence-corrected chi connectivity index (χ3v) is 9.33. The van der Waals surface area contributed by atoms with Crippen molar-refractivity contribution in [3.63, 3.8) is 0 Å². The third-order valence-electron chi connectivity index (χ3n) is 9.33. The van der Waals surface area contributed by atoms with Crippen LogP contribution >= 0.6 is 0 Å². The molecule has 2 heterocycles. The van der Waals surface area contributed by atoms with Gasteiger partial charge in [0.15, 0.2) is 11.6 Å². The molecule has 0 unspecified atom stereocenters. The smallest absolute Gasteiger partial charge is 0.251 e. The first kappa shape index (κ1) is 29.4. The Morgan fingerprint density at radius 1 is 1.14 bits per heavy atom. The second-order valence-electron chi connectivity index (χ2n) is 12.4. The molecular weight excluding hydrogens is 559 g/mol. The molecule has 3 aromatic rings. The zero-order valence-electron chi connectivity index (χ0n) is 25.3. The summed E-state index contributed by atoms with van der Waals surface area (Å²) in [5.74, 6) is -0.868. The van der Waals surface area contributed by atoms with Gasteiger partial charge >= 0.3 is 0 Å². The molecule has 2 aliphatic carbocycles. The number of benzene rings is 2. The summed E-state index contributed by atoms with van der Waals surface area (Å²) < 4.78 is 19.9. The van der Waals surface area contributed by atoms with Crippen LogP contribution in [0.15, 0.2) is 60.7 Å². The molecule has 3 aliphatic rings. The molecule has 44 heavy (non-hydrogen) atoms. The van der Waals surface area contributed by atoms with Crippen LogP contribution in [0.4, 0.5) is 4.39 Å². The van der Waals surface area contributed by atoms with Gasteiger partial charge in [0, 0.05) is 23.0 Å². The summed E-state index contributed by atoms with van der Waals surface area (Å²) in [7, 11) is 0. The molecule has 1 saturated carbocycles. The summed E-state index contributed by atoms with van der Waals surface area (Å²) >= 11 is 0. The van der Waals surface area contributed by atoms with Crippen LogP contribution in [0, 0.1) is 24.1 Å². The Hall–Kier alpha value is -4.66. The number of H-pyrrole nitrogens is 1. The number of carbonyl (C=O) groups is 3. The number of halogens is 1. The molecule has 2 fully saturated rings. The van der Waals surface area contributed by atoms with Crippen LogP contribution in [0.25, 0.3) is 12.2 Å². The molecule has 0 spiro atoms. The lowest BCUT2D eigenvalue weighted by atomic mass is 9.98. The SMILES string of the molecule is Cc1ccc(Oc2cccc(C(=O)NCC(=O)N3[C@H]4[C@@H](C)[C@@]4(C)C[C@H]3C(=O)N[C@H](C)c3cc4c([nH]3)C=CCC=C4)c2)c(F)c1. The average molecular weight is 597 g/mol. The largest absolute Gasteiger partial charge is 0.454 e. The number of nitrogens with zero attached hydrogens (tertiary/aromatic N) is 1. The summed E-state index contributed by atoms with van der Waals surface area (Å²) in [5.41, 5.74) is 3.87. The van der Waals surface area contributed by atoms with Crippen molar-refractivity contribution in [3.05, 3.63) is 94.6 Å². The molecule has 1 saturated heterocycles. The number of piperidine rings is 1. The molecule has 1 aliphatic heterocycles. The number of amides is 3. The number of aromatic nitrogens is 1. The van der Waals surface area contributed by atoms with E-state index in [0.29, 0.717) is 12.2 Å². The second kappa shape index (κ2) is 11.4. The Morgan fingerprint density at radius 3 is 2.73 bits per heavy atom. The van der Waals surface area contributed by atoms with Crippen LogP contribution in [0.1, 0.15) is 72.5 Å². The van der Waals surface area contributed by atoms with Crippen LogP contribution in [-0.2, 0) is 9.59 Å². The van der Waals surface area contributed by atoms with E-state index in [1.54, 1.807) is 36.1 Å². The molecule has 3 amide bonds. The minimum absolute atomic E-state index is 0.0533. The molecule has 6 rings (SSSR count). The predicted molar refractivity (Wildman–Crippen MR) is 166 cm³/mol. The topological polar surface area (TPSA) is 104 Å². The molecule has 9 heteroatoms. The van der Waals surface area contributed by atoms with E-state index in [2.05, 4.69) is 47.7 Å². The fraction of sp³-hybridized carbons (Fsp3) is 0.343. The van der Waals surface area contributed by atoms with Crippen molar-refractivity contribution in [1.29, 1.82) is 0 Å². The van der Waals surface area contributed by atoms with Gasteiger partial charge in [-0.1, -0.05) is 44.2 Å². The van der Waals surface area contributed by atoms with Gasteiger partial charge < -0.3 is 25.3 Å². The fourth-order valence-corrected chi connectivity index (χ4v) is 6.62. The van der Waals surface area contributed by atoms with E-state index in [4.69, 9.17) is 4.74 Å². The number of hydrogen-bond donors (Lipinski definition) is 3. The van der Waals surface area contributed by atoms with Gasteiger partial charge in [-0.15, -0.1) is 0 Å². The maximum Gasteiger partial charge on any atom is 0.251 e. The van der Waals surface area contributed by atoms with Gasteiger partial charge in [-0.25, -0.2) is 4.39 Å². The number of fused-ring (bicyclic) bond motifs is 2. The molecule has 8 nitrogen and oxygen atoms in total. The molecule has 5 atom stereocenters. The van der Waals surface area contributed by atoms with Crippen LogP contribution in [-0.4, -0.2) is 46.2 Å². The first-order valence-electron chi connectivity index (χ1n) is 15.0. The van der Waals surface area contributed by atoms with E-state index in [-0.39, 0.29) is 53.1 Å². The van der Waals surface area contributed by atoms with Crippen molar-refractivity contribution >= 4 is 29.9 Å². The van der Waals surface area contributed by atoms with Crippen molar-refractivity contribution in [2.45, 2.75) is 58.7 Å². The van der Waals surface area contributed by atoms with E-state index in [9.17, 15) is 18.8 Å². The van der Waals surface area contributed by atoms with Crippen molar-refractivity contribution in [1.82, 2.24) is 20.5 Å². The maximum absolute atomic E-state index is 14.3. The second-order valence-corrected chi connectivity index (χ2v) is 12.4. The van der Waals surface area contributed by atoms with E-state index in [1.807, 2.05) is 19.1 Å². The van der Waals surface area contributed by atoms with Crippen LogP contribution in [0.2, 0.25) is 0 Å². The van der Waals surface area contributed by atoms with Crippen LogP contribution in [0.3, 0.4) is 0 Å². The van der Waals surface area contributed by atoms with Crippen molar-refractivity contribution < 1.29 is 23.5 Å². The summed E-state index contributed by atoms with van der Waals surface area (Å²) in [5, 5.41) is 5.81. The van der Waals surface area contributed by atoms with Crippen molar-refractivity contribution in [2.75, 3.05) is 6.54 Å². The highest BCUT2D eigenvalue weighted by atomic mass is 19.1. The normalized spacial score (nSPS) is 23.8. The molecule has 228 valence electrons. The van der Waals surface area contributed by atoms with Crippen molar-refractivity contribution in [3.8, 4) is 11.5 Å². The Bertz CT molecular complexity index is 1660. The number of nitrogens with one attached hydrogen (secondary N) is 3. The highest BCUT2D eigenvalue weighted by Gasteiger charge is 2.69. The first-order chi connectivity index (χ1) is 21.0. The number of aryl methyl sites for hydroxylation is 1. The number of carbonyl (C=O) groups excluding carboxylic acids is 3. The molecule has 0 radical (unpaired) electrons. The number of rotatable bonds is 8. The minimum Gasteiger partial charge on any atom is -0.454 e. The van der Waals surface area contributed by atoms with E-state index >= 15 is 0 Å². The zero-order chi connectivity index (χ0) is 31.2. The maximum atomic E-state index is 14.3. The highest BCUT2D eigenvalue weighted by Crippen LogP contribution is 2.63. The lowest BCUT2D eigenvalue weighted by molar-refractivity contribution is -0.139. The number of allylic oxidation sites excluding steroid dienone is 2. The van der Waals surface area contributed by atoms with E-state index in [1.165, 1.54) is 18.2 Å². The lowest BCUT2D eigenvalue weighted by Crippen LogP contribution is -2.51. The van der Waals surface area contributed by atoms with E-state index < -0.39 is 17.8 Å². The predicted octanol–water partition coefficient (Wildman–Crippen LogP) is 5.92. The molecular formula is C35H37FN4O4. The standard InChI is InChI=1S/C35H37FN4O4/c1-20-13-14-30(26(36)15-20)44-25-11-8-10-24(16-25)33(42)37-19-31(41)40-29(18-35(4)21(2)32(35)40)34(43)38-22(3)28-17-23-9-6-5-7-12-27(23)39-28/h6-17,21-22,29,32,39H,5,18-19H2,1-4H3,(H,37,42)(H,38,43)/t21-,22-,29+,32+,35-/m1/s1. The van der Waals surface area contributed by atoms with E-state index in [0.717, 1.165) is 28.9 Å². The van der Waals surface area contributed by atoms with Gasteiger partial charge in [0.2, 0.25) is 11.8 Å². The Balaban J connectivity index is 1.10. The van der Waals surface area contributed by atoms with Gasteiger partial charge in [-0.05, 0) is 91.6 Å². The quantitative estimate of drug-likeness (QED) is 0.301. The monoisotopic (exact) mass is 596 g/mol. The number of likely N-dealkylation sites (tertiary alicyclic amines) is 1. The van der Waals surface area contributed by atoms with Gasteiger partial charge in [-0.2, -0.15) is 0 Å². The zero-order valence-corrected chi connectivity index (χ0v) is 25.3. The lowest BCUT2D eigenvalue weighted by Gasteiger charge is -2.29. The van der Waals surface area contributed by atoms with Crippen LogP contribution in [0.5, 0.6) is 11.5 Å². The fourth-order valence-electron chi connectivity index (χ4n) is 6.62.